The number of aromatic nitrogens is 1. The summed E-state index contributed by atoms with van der Waals surface area (Å²) in [5, 5.41) is 1.05. The number of nitrogens with zero attached hydrogens (tertiary/aromatic N) is 3. The van der Waals surface area contributed by atoms with Gasteiger partial charge in [-0.1, -0.05) is 6.07 Å². The molecule has 0 fully saturated rings. The van der Waals surface area contributed by atoms with Crippen molar-refractivity contribution in [1.29, 1.82) is 0 Å². The molecule has 1 rings (SSSR count). The van der Waals surface area contributed by atoms with Gasteiger partial charge in [0.05, 0.1) is 0 Å². The molecule has 0 saturated heterocycles. The van der Waals surface area contributed by atoms with Crippen LogP contribution in [0.4, 0.5) is 0 Å². The van der Waals surface area contributed by atoms with Crippen LogP contribution < -0.4 is 0 Å². The maximum absolute atomic E-state index is 4.29. The molecule has 0 unspecified atom stereocenters. The Balaban J connectivity index is 2.29. The van der Waals surface area contributed by atoms with E-state index in [1.165, 1.54) is 0 Å². The first-order valence-corrected chi connectivity index (χ1v) is 6.37. The molecule has 0 saturated carbocycles. The van der Waals surface area contributed by atoms with Crippen molar-refractivity contribution < 1.29 is 0 Å². The monoisotopic (exact) mass is 239 g/mol. The van der Waals surface area contributed by atoms with Gasteiger partial charge in [0.2, 0.25) is 0 Å². The van der Waals surface area contributed by atoms with E-state index in [0.29, 0.717) is 6.04 Å². The first-order chi connectivity index (χ1) is 7.59. The highest BCUT2D eigenvalue weighted by Crippen LogP contribution is 2.17. The van der Waals surface area contributed by atoms with Crippen molar-refractivity contribution in [3.63, 3.8) is 0 Å². The Morgan fingerprint density at radius 1 is 1.25 bits per heavy atom. The molecule has 0 aliphatic heterocycles. The third kappa shape index (κ3) is 4.96. The van der Waals surface area contributed by atoms with Crippen LogP contribution in [0.25, 0.3) is 0 Å². The molecule has 0 aliphatic rings. The third-order valence-corrected chi connectivity index (χ3v) is 3.46. The van der Waals surface area contributed by atoms with E-state index in [0.717, 1.165) is 18.1 Å². The van der Waals surface area contributed by atoms with Crippen molar-refractivity contribution in [2.24, 2.45) is 0 Å². The normalized spacial score (nSPS) is 11.7. The van der Waals surface area contributed by atoms with E-state index in [4.69, 9.17) is 0 Å². The Hall–Kier alpha value is -0.580. The molecule has 0 bridgehead atoms. The molecule has 3 nitrogen and oxygen atoms in total. The standard InChI is InChI=1S/C12H21N3S/c1-11(2)14(3)9-10-15(4)16-12-7-5-6-8-13-12/h5-8,11H,9-10H2,1-4H3. The van der Waals surface area contributed by atoms with Gasteiger partial charge in [-0.3, -0.25) is 0 Å². The maximum Gasteiger partial charge on any atom is 0.111 e. The average Bonchev–Trinajstić information content (AvgIpc) is 2.27. The van der Waals surface area contributed by atoms with Crippen LogP contribution in [0.3, 0.4) is 0 Å². The Bertz CT molecular complexity index is 290. The second-order valence-electron chi connectivity index (χ2n) is 4.19. The van der Waals surface area contributed by atoms with Crippen molar-refractivity contribution in [3.05, 3.63) is 24.4 Å². The molecule has 4 heteroatoms. The summed E-state index contributed by atoms with van der Waals surface area (Å²) >= 11 is 1.69. The van der Waals surface area contributed by atoms with Gasteiger partial charge >= 0.3 is 0 Å². The Kier molecular flexibility index (Phi) is 5.80. The highest BCUT2D eigenvalue weighted by atomic mass is 32.2. The van der Waals surface area contributed by atoms with Gasteiger partial charge in [0.15, 0.2) is 0 Å². The van der Waals surface area contributed by atoms with Crippen molar-refractivity contribution in [3.8, 4) is 0 Å². The van der Waals surface area contributed by atoms with Crippen LogP contribution in [0.5, 0.6) is 0 Å². The van der Waals surface area contributed by atoms with Gasteiger partial charge in [0.25, 0.3) is 0 Å². The predicted molar refractivity (Wildman–Crippen MR) is 70.5 cm³/mol. The average molecular weight is 239 g/mol. The maximum atomic E-state index is 4.29. The van der Waals surface area contributed by atoms with Gasteiger partial charge in [0, 0.05) is 25.3 Å². The summed E-state index contributed by atoms with van der Waals surface area (Å²) in [6.07, 6.45) is 1.83. The summed E-state index contributed by atoms with van der Waals surface area (Å²) < 4.78 is 2.22. The lowest BCUT2D eigenvalue weighted by Crippen LogP contribution is -2.32. The molecule has 1 aromatic heterocycles. The van der Waals surface area contributed by atoms with Crippen LogP contribution in [-0.4, -0.2) is 47.4 Å². The molecule has 0 N–H and O–H groups in total. The second kappa shape index (κ2) is 6.89. The molecular formula is C12H21N3S. The predicted octanol–water partition coefficient (Wildman–Crippen LogP) is 2.36. The zero-order valence-corrected chi connectivity index (χ0v) is 11.4. The van der Waals surface area contributed by atoms with E-state index in [1.54, 1.807) is 11.9 Å². The number of rotatable bonds is 6. The number of pyridine rings is 1. The van der Waals surface area contributed by atoms with Crippen molar-refractivity contribution in [2.75, 3.05) is 27.2 Å². The van der Waals surface area contributed by atoms with E-state index < -0.39 is 0 Å². The smallest absolute Gasteiger partial charge is 0.111 e. The van der Waals surface area contributed by atoms with Crippen LogP contribution in [0, 0.1) is 0 Å². The molecule has 1 heterocycles. The summed E-state index contributed by atoms with van der Waals surface area (Å²) in [5.41, 5.74) is 0. The minimum Gasteiger partial charge on any atom is -0.303 e. The zero-order chi connectivity index (χ0) is 12.0. The molecule has 0 radical (unpaired) electrons. The van der Waals surface area contributed by atoms with Gasteiger partial charge in [-0.05, 0) is 52.0 Å². The minimum absolute atomic E-state index is 0.605. The molecule has 16 heavy (non-hydrogen) atoms. The fourth-order valence-electron chi connectivity index (χ4n) is 1.16. The summed E-state index contributed by atoms with van der Waals surface area (Å²) in [6.45, 7) is 6.54. The fraction of sp³-hybridized carbons (Fsp3) is 0.583. The lowest BCUT2D eigenvalue weighted by atomic mass is 10.3. The molecule has 1 aromatic rings. The van der Waals surface area contributed by atoms with Gasteiger partial charge in [-0.2, -0.15) is 0 Å². The second-order valence-corrected chi connectivity index (χ2v) is 5.41. The molecule has 0 spiro atoms. The molecule has 0 amide bonds. The highest BCUT2D eigenvalue weighted by molar-refractivity contribution is 7.96. The fourth-order valence-corrected chi connectivity index (χ4v) is 1.90. The van der Waals surface area contributed by atoms with E-state index in [2.05, 4.69) is 42.1 Å². The highest BCUT2D eigenvalue weighted by Gasteiger charge is 2.06. The number of hydrogen-bond donors (Lipinski definition) is 0. The molecule has 0 atom stereocenters. The van der Waals surface area contributed by atoms with E-state index in [1.807, 2.05) is 24.4 Å². The molecule has 0 aliphatic carbocycles. The molecule has 0 aromatic carbocycles. The Morgan fingerprint density at radius 2 is 2.00 bits per heavy atom. The minimum atomic E-state index is 0.605. The topological polar surface area (TPSA) is 19.4 Å². The number of likely N-dealkylation sites (N-methyl/N-ethyl adjacent to an activating group) is 2. The Morgan fingerprint density at radius 3 is 2.56 bits per heavy atom. The van der Waals surface area contributed by atoms with Crippen LogP contribution in [0.15, 0.2) is 29.4 Å². The van der Waals surface area contributed by atoms with Crippen LogP contribution >= 0.6 is 11.9 Å². The molecule has 90 valence electrons. The summed E-state index contributed by atoms with van der Waals surface area (Å²) in [4.78, 5) is 6.63. The lowest BCUT2D eigenvalue weighted by molar-refractivity contribution is 0.261. The first kappa shape index (κ1) is 13.5. The van der Waals surface area contributed by atoms with Gasteiger partial charge in [0.1, 0.15) is 5.03 Å². The molecular weight excluding hydrogens is 218 g/mol. The quantitative estimate of drug-likeness (QED) is 0.710. The van der Waals surface area contributed by atoms with Crippen molar-refractivity contribution in [1.82, 2.24) is 14.2 Å². The first-order valence-electron chi connectivity index (χ1n) is 5.60. The SMILES string of the molecule is CC(C)N(C)CCN(C)Sc1ccccn1. The largest absolute Gasteiger partial charge is 0.303 e. The van der Waals surface area contributed by atoms with E-state index >= 15 is 0 Å². The van der Waals surface area contributed by atoms with Crippen LogP contribution in [0.1, 0.15) is 13.8 Å². The van der Waals surface area contributed by atoms with Crippen LogP contribution in [0.2, 0.25) is 0 Å². The summed E-state index contributed by atoms with van der Waals surface area (Å²) in [6, 6.07) is 6.60. The number of hydrogen-bond acceptors (Lipinski definition) is 4. The lowest BCUT2D eigenvalue weighted by Gasteiger charge is -2.23. The Labute approximate surface area is 103 Å². The van der Waals surface area contributed by atoms with Gasteiger partial charge < -0.3 is 4.90 Å². The third-order valence-electron chi connectivity index (χ3n) is 2.54. The van der Waals surface area contributed by atoms with Crippen molar-refractivity contribution in [2.45, 2.75) is 24.9 Å². The van der Waals surface area contributed by atoms with Crippen molar-refractivity contribution >= 4 is 11.9 Å². The van der Waals surface area contributed by atoms with Gasteiger partial charge in [-0.15, -0.1) is 0 Å². The van der Waals surface area contributed by atoms with Crippen LogP contribution in [-0.2, 0) is 0 Å². The zero-order valence-electron chi connectivity index (χ0n) is 10.6. The summed E-state index contributed by atoms with van der Waals surface area (Å²) in [7, 11) is 4.26. The van der Waals surface area contributed by atoms with Gasteiger partial charge in [-0.25, -0.2) is 9.29 Å². The van der Waals surface area contributed by atoms with E-state index in [9.17, 15) is 0 Å². The summed E-state index contributed by atoms with van der Waals surface area (Å²) in [5.74, 6) is 0. The van der Waals surface area contributed by atoms with E-state index in [-0.39, 0.29) is 0 Å².